The molecular weight excluding hydrogens is 327 g/mol. The first kappa shape index (κ1) is 14.5. The SMILES string of the molecule is COC(=O)C(C)c1ccc(C(I)C(C)C)cc1. The zero-order valence-corrected chi connectivity index (χ0v) is 12.9. The van der Waals surface area contributed by atoms with E-state index in [1.54, 1.807) is 0 Å². The molecule has 1 rings (SSSR count). The molecule has 0 spiro atoms. The van der Waals surface area contributed by atoms with E-state index in [-0.39, 0.29) is 11.9 Å². The van der Waals surface area contributed by atoms with Gasteiger partial charge in [-0.25, -0.2) is 0 Å². The second-order valence-corrected chi connectivity index (χ2v) is 5.90. The smallest absolute Gasteiger partial charge is 0.312 e. The topological polar surface area (TPSA) is 26.3 Å². The second kappa shape index (κ2) is 6.38. The first-order chi connectivity index (χ1) is 7.97. The fraction of sp³-hybridized carbons (Fsp3) is 0.500. The Labute approximate surface area is 117 Å². The van der Waals surface area contributed by atoms with Crippen molar-refractivity contribution in [2.75, 3.05) is 7.11 Å². The Hall–Kier alpha value is -0.580. The summed E-state index contributed by atoms with van der Waals surface area (Å²) in [5.74, 6) is 0.230. The average molecular weight is 346 g/mol. The molecule has 0 aliphatic carbocycles. The molecule has 0 aliphatic heterocycles. The molecule has 0 radical (unpaired) electrons. The number of benzene rings is 1. The predicted molar refractivity (Wildman–Crippen MR) is 78.5 cm³/mol. The van der Waals surface area contributed by atoms with Gasteiger partial charge >= 0.3 is 5.97 Å². The largest absolute Gasteiger partial charge is 0.469 e. The van der Waals surface area contributed by atoms with Gasteiger partial charge in [0, 0.05) is 3.92 Å². The van der Waals surface area contributed by atoms with Gasteiger partial charge in [-0.05, 0) is 24.0 Å². The lowest BCUT2D eigenvalue weighted by atomic mass is 9.97. The van der Waals surface area contributed by atoms with E-state index in [2.05, 4.69) is 48.6 Å². The lowest BCUT2D eigenvalue weighted by molar-refractivity contribution is -0.141. The quantitative estimate of drug-likeness (QED) is 0.466. The van der Waals surface area contributed by atoms with Crippen molar-refractivity contribution in [1.29, 1.82) is 0 Å². The van der Waals surface area contributed by atoms with Crippen LogP contribution in [0.5, 0.6) is 0 Å². The minimum atomic E-state index is -0.194. The Balaban J connectivity index is 2.84. The molecule has 0 aromatic heterocycles. The fourth-order valence-electron chi connectivity index (χ4n) is 1.67. The van der Waals surface area contributed by atoms with Crippen LogP contribution in [0.25, 0.3) is 0 Å². The number of carbonyl (C=O) groups excluding carboxylic acids is 1. The van der Waals surface area contributed by atoms with Crippen molar-refractivity contribution in [3.8, 4) is 0 Å². The van der Waals surface area contributed by atoms with Gasteiger partial charge in [0.1, 0.15) is 0 Å². The minimum absolute atomic E-state index is 0.187. The lowest BCUT2D eigenvalue weighted by Gasteiger charge is -2.15. The molecule has 0 N–H and O–H groups in total. The summed E-state index contributed by atoms with van der Waals surface area (Å²) < 4.78 is 5.25. The Kier molecular flexibility index (Phi) is 5.43. The highest BCUT2D eigenvalue weighted by Crippen LogP contribution is 2.31. The van der Waals surface area contributed by atoms with E-state index in [4.69, 9.17) is 4.74 Å². The number of hydrogen-bond acceptors (Lipinski definition) is 2. The standard InChI is InChI=1S/C14H19IO2/c1-9(2)13(15)12-7-5-11(6-8-12)10(3)14(16)17-4/h5-10,13H,1-4H3. The van der Waals surface area contributed by atoms with Gasteiger partial charge in [0.15, 0.2) is 0 Å². The summed E-state index contributed by atoms with van der Waals surface area (Å²) in [4.78, 5) is 11.4. The number of methoxy groups -OCH3 is 1. The predicted octanol–water partition coefficient (Wildman–Crippen LogP) is 4.10. The van der Waals surface area contributed by atoms with Gasteiger partial charge in [-0.3, -0.25) is 4.79 Å². The maximum absolute atomic E-state index is 11.4. The Morgan fingerprint density at radius 1 is 1.12 bits per heavy atom. The van der Waals surface area contributed by atoms with Crippen LogP contribution in [0.2, 0.25) is 0 Å². The maximum atomic E-state index is 11.4. The highest BCUT2D eigenvalue weighted by Gasteiger charge is 2.16. The molecule has 2 nitrogen and oxygen atoms in total. The highest BCUT2D eigenvalue weighted by molar-refractivity contribution is 14.1. The normalized spacial score (nSPS) is 14.5. The van der Waals surface area contributed by atoms with Crippen LogP contribution in [0.4, 0.5) is 0 Å². The van der Waals surface area contributed by atoms with Crippen LogP contribution in [0.1, 0.15) is 41.7 Å². The zero-order valence-electron chi connectivity index (χ0n) is 10.7. The zero-order chi connectivity index (χ0) is 13.0. The van der Waals surface area contributed by atoms with Crippen LogP contribution in [-0.2, 0) is 9.53 Å². The molecule has 0 saturated carbocycles. The molecule has 2 atom stereocenters. The van der Waals surface area contributed by atoms with Crippen LogP contribution < -0.4 is 0 Å². The van der Waals surface area contributed by atoms with E-state index in [0.717, 1.165) is 5.56 Å². The first-order valence-corrected chi connectivity index (χ1v) is 7.03. The van der Waals surface area contributed by atoms with Crippen molar-refractivity contribution in [3.63, 3.8) is 0 Å². The number of carbonyl (C=O) groups is 1. The summed E-state index contributed by atoms with van der Waals surface area (Å²) in [6.45, 7) is 6.29. The third-order valence-corrected chi connectivity index (χ3v) is 5.05. The van der Waals surface area contributed by atoms with E-state index in [1.807, 2.05) is 19.1 Å². The average Bonchev–Trinajstić information content (AvgIpc) is 2.36. The van der Waals surface area contributed by atoms with Crippen molar-refractivity contribution >= 4 is 28.6 Å². The van der Waals surface area contributed by atoms with Crippen molar-refractivity contribution in [2.45, 2.75) is 30.6 Å². The summed E-state index contributed by atoms with van der Waals surface area (Å²) in [6.07, 6.45) is 0. The molecule has 0 aliphatic rings. The molecule has 0 heterocycles. The summed E-state index contributed by atoms with van der Waals surface area (Å²) in [6, 6.07) is 8.24. The van der Waals surface area contributed by atoms with Crippen LogP contribution in [0.3, 0.4) is 0 Å². The molecule has 0 saturated heterocycles. The van der Waals surface area contributed by atoms with Crippen LogP contribution >= 0.6 is 22.6 Å². The van der Waals surface area contributed by atoms with Gasteiger partial charge in [0.2, 0.25) is 0 Å². The highest BCUT2D eigenvalue weighted by atomic mass is 127. The van der Waals surface area contributed by atoms with E-state index in [1.165, 1.54) is 12.7 Å². The summed E-state index contributed by atoms with van der Waals surface area (Å²) >= 11 is 2.46. The molecule has 3 heteroatoms. The molecule has 0 fully saturated rings. The van der Waals surface area contributed by atoms with E-state index < -0.39 is 0 Å². The van der Waals surface area contributed by atoms with Gasteiger partial charge < -0.3 is 4.74 Å². The van der Waals surface area contributed by atoms with Crippen molar-refractivity contribution < 1.29 is 9.53 Å². The van der Waals surface area contributed by atoms with Gasteiger partial charge in [-0.2, -0.15) is 0 Å². The number of ether oxygens (including phenoxy) is 1. The Morgan fingerprint density at radius 3 is 2.00 bits per heavy atom. The number of esters is 1. The third-order valence-electron chi connectivity index (χ3n) is 2.89. The van der Waals surface area contributed by atoms with E-state index >= 15 is 0 Å². The Bertz CT molecular complexity index is 370. The number of halogens is 1. The van der Waals surface area contributed by atoms with Gasteiger partial charge in [-0.1, -0.05) is 60.7 Å². The van der Waals surface area contributed by atoms with Crippen LogP contribution in [0.15, 0.2) is 24.3 Å². The number of rotatable bonds is 4. The van der Waals surface area contributed by atoms with Gasteiger partial charge in [-0.15, -0.1) is 0 Å². The molecular formula is C14H19IO2. The fourth-order valence-corrected chi connectivity index (χ4v) is 2.08. The molecule has 0 amide bonds. The second-order valence-electron chi connectivity index (χ2n) is 4.56. The number of alkyl halides is 1. The molecule has 0 bridgehead atoms. The molecule has 2 unspecified atom stereocenters. The van der Waals surface area contributed by atoms with Crippen molar-refractivity contribution in [3.05, 3.63) is 35.4 Å². The molecule has 1 aromatic carbocycles. The monoisotopic (exact) mass is 346 g/mol. The lowest BCUT2D eigenvalue weighted by Crippen LogP contribution is -2.10. The van der Waals surface area contributed by atoms with Crippen LogP contribution in [0, 0.1) is 5.92 Å². The minimum Gasteiger partial charge on any atom is -0.469 e. The van der Waals surface area contributed by atoms with E-state index in [9.17, 15) is 4.79 Å². The maximum Gasteiger partial charge on any atom is 0.312 e. The molecule has 1 aromatic rings. The number of hydrogen-bond donors (Lipinski definition) is 0. The van der Waals surface area contributed by atoms with Crippen LogP contribution in [-0.4, -0.2) is 13.1 Å². The summed E-state index contributed by atoms with van der Waals surface area (Å²) in [5, 5.41) is 0. The van der Waals surface area contributed by atoms with E-state index in [0.29, 0.717) is 9.84 Å². The summed E-state index contributed by atoms with van der Waals surface area (Å²) in [5.41, 5.74) is 2.31. The first-order valence-electron chi connectivity index (χ1n) is 5.79. The van der Waals surface area contributed by atoms with Crippen molar-refractivity contribution in [1.82, 2.24) is 0 Å². The molecule has 17 heavy (non-hydrogen) atoms. The van der Waals surface area contributed by atoms with Gasteiger partial charge in [0.25, 0.3) is 0 Å². The third kappa shape index (κ3) is 3.69. The molecule has 94 valence electrons. The van der Waals surface area contributed by atoms with Gasteiger partial charge in [0.05, 0.1) is 13.0 Å². The van der Waals surface area contributed by atoms with Crippen molar-refractivity contribution in [2.24, 2.45) is 5.92 Å². The Morgan fingerprint density at radius 2 is 1.59 bits per heavy atom. The summed E-state index contributed by atoms with van der Waals surface area (Å²) in [7, 11) is 1.42.